The second-order valence-corrected chi connectivity index (χ2v) is 9.79. The minimum absolute atomic E-state index is 0.152. The van der Waals surface area contributed by atoms with E-state index in [0.717, 1.165) is 52.9 Å². The Bertz CT molecular complexity index is 1370. The fraction of sp³-hybridized carbons (Fsp3) is 0.345. The SMILES string of the molecule is C=C/C=C(\C=C1/CN(C)C2(C=Nc3ccc4cc5[nH]ccc5cc4c3O2)C12CCCCC2)OC. The number of aliphatic imine (C=N–C) groups is 1. The Morgan fingerprint density at radius 2 is 2.03 bits per heavy atom. The number of hydrogen-bond acceptors (Lipinski definition) is 4. The summed E-state index contributed by atoms with van der Waals surface area (Å²) in [4.78, 5) is 10.7. The first-order valence-electron chi connectivity index (χ1n) is 12.2. The fourth-order valence-electron chi connectivity index (χ4n) is 6.38. The first-order valence-corrected chi connectivity index (χ1v) is 12.2. The second kappa shape index (κ2) is 7.88. The highest BCUT2D eigenvalue weighted by molar-refractivity contribution is 6.03. The number of rotatable bonds is 3. The summed E-state index contributed by atoms with van der Waals surface area (Å²) in [5.41, 5.74) is 2.61. The van der Waals surface area contributed by atoms with Crippen LogP contribution in [-0.2, 0) is 4.74 Å². The van der Waals surface area contributed by atoms with Crippen molar-refractivity contribution in [1.82, 2.24) is 9.88 Å². The van der Waals surface area contributed by atoms with Crippen LogP contribution >= 0.6 is 0 Å². The van der Waals surface area contributed by atoms with Crippen LogP contribution in [0.5, 0.6) is 5.75 Å². The molecule has 2 aliphatic heterocycles. The van der Waals surface area contributed by atoms with Gasteiger partial charge in [-0.15, -0.1) is 0 Å². The van der Waals surface area contributed by atoms with E-state index in [9.17, 15) is 0 Å². The van der Waals surface area contributed by atoms with E-state index in [-0.39, 0.29) is 5.41 Å². The average molecular weight is 454 g/mol. The van der Waals surface area contributed by atoms with Crippen molar-refractivity contribution in [1.29, 1.82) is 0 Å². The molecule has 1 unspecified atom stereocenters. The Morgan fingerprint density at radius 3 is 2.82 bits per heavy atom. The first-order chi connectivity index (χ1) is 16.6. The number of likely N-dealkylation sites (tertiary alicyclic amines) is 1. The number of likely N-dealkylation sites (N-methyl/N-ethyl adjacent to an activating group) is 1. The number of ether oxygens (including phenoxy) is 2. The minimum atomic E-state index is -0.624. The second-order valence-electron chi connectivity index (χ2n) is 9.79. The van der Waals surface area contributed by atoms with Gasteiger partial charge in [0.15, 0.2) is 5.75 Å². The molecule has 2 fully saturated rings. The zero-order valence-electron chi connectivity index (χ0n) is 19.9. The molecule has 2 aromatic carbocycles. The molecule has 1 aromatic heterocycles. The van der Waals surface area contributed by atoms with Crippen molar-refractivity contribution in [2.24, 2.45) is 10.4 Å². The summed E-state index contributed by atoms with van der Waals surface area (Å²) in [5, 5.41) is 3.45. The zero-order valence-corrected chi connectivity index (χ0v) is 19.9. The van der Waals surface area contributed by atoms with Gasteiger partial charge < -0.3 is 14.5 Å². The van der Waals surface area contributed by atoms with Gasteiger partial charge in [-0.1, -0.05) is 38.0 Å². The van der Waals surface area contributed by atoms with Gasteiger partial charge in [-0.3, -0.25) is 9.89 Å². The maximum atomic E-state index is 7.18. The number of nitrogens with zero attached hydrogens (tertiary/aromatic N) is 2. The van der Waals surface area contributed by atoms with Gasteiger partial charge >= 0.3 is 0 Å². The summed E-state index contributed by atoms with van der Waals surface area (Å²) < 4.78 is 12.8. The molecule has 1 N–H and O–H groups in total. The number of hydrogen-bond donors (Lipinski definition) is 1. The van der Waals surface area contributed by atoms with Crippen molar-refractivity contribution in [2.45, 2.75) is 37.8 Å². The summed E-state index contributed by atoms with van der Waals surface area (Å²) >= 11 is 0. The van der Waals surface area contributed by atoms with Crippen LogP contribution in [-0.4, -0.2) is 42.5 Å². The maximum Gasteiger partial charge on any atom is 0.209 e. The number of nitrogens with one attached hydrogen (secondary N) is 1. The zero-order chi connectivity index (χ0) is 23.3. The highest BCUT2D eigenvalue weighted by Gasteiger charge is 2.63. The van der Waals surface area contributed by atoms with Crippen LogP contribution in [0.1, 0.15) is 32.1 Å². The van der Waals surface area contributed by atoms with E-state index < -0.39 is 5.72 Å². The Kier molecular flexibility index (Phi) is 4.92. The Morgan fingerprint density at radius 1 is 1.18 bits per heavy atom. The van der Waals surface area contributed by atoms with Crippen molar-refractivity contribution < 1.29 is 9.47 Å². The van der Waals surface area contributed by atoms with Gasteiger partial charge in [-0.2, -0.15) is 0 Å². The highest BCUT2D eigenvalue weighted by atomic mass is 16.5. The molecule has 3 heterocycles. The van der Waals surface area contributed by atoms with E-state index in [2.05, 4.69) is 66.1 Å². The summed E-state index contributed by atoms with van der Waals surface area (Å²) in [6.07, 6.45) is 15.7. The van der Waals surface area contributed by atoms with Crippen molar-refractivity contribution in [3.63, 3.8) is 0 Å². The largest absolute Gasteiger partial charge is 0.497 e. The minimum Gasteiger partial charge on any atom is -0.497 e. The van der Waals surface area contributed by atoms with E-state index in [0.29, 0.717) is 0 Å². The quantitative estimate of drug-likeness (QED) is 0.357. The molecule has 0 bridgehead atoms. The number of H-pyrrole nitrogens is 1. The Labute approximate surface area is 200 Å². The van der Waals surface area contributed by atoms with Gasteiger partial charge in [0.25, 0.3) is 0 Å². The lowest BCUT2D eigenvalue weighted by atomic mass is 9.64. The van der Waals surface area contributed by atoms with Gasteiger partial charge in [0.1, 0.15) is 11.4 Å². The molecule has 1 atom stereocenters. The summed E-state index contributed by atoms with van der Waals surface area (Å²) in [6, 6.07) is 10.7. The van der Waals surface area contributed by atoms with Crippen LogP contribution < -0.4 is 4.74 Å². The molecule has 34 heavy (non-hydrogen) atoms. The van der Waals surface area contributed by atoms with Gasteiger partial charge in [0.05, 0.1) is 18.7 Å². The molecule has 0 radical (unpaired) electrons. The topological polar surface area (TPSA) is 49.9 Å². The van der Waals surface area contributed by atoms with E-state index in [1.165, 1.54) is 30.2 Å². The van der Waals surface area contributed by atoms with Crippen LogP contribution in [0.15, 0.2) is 77.7 Å². The number of benzene rings is 2. The van der Waals surface area contributed by atoms with Crippen LogP contribution in [0.4, 0.5) is 5.69 Å². The third kappa shape index (κ3) is 2.93. The van der Waals surface area contributed by atoms with Crippen molar-refractivity contribution in [3.8, 4) is 5.75 Å². The summed E-state index contributed by atoms with van der Waals surface area (Å²) in [5.74, 6) is 1.71. The number of aromatic amines is 1. The summed E-state index contributed by atoms with van der Waals surface area (Å²) in [7, 11) is 3.88. The third-order valence-electron chi connectivity index (χ3n) is 8.07. The van der Waals surface area contributed by atoms with Crippen molar-refractivity contribution in [3.05, 3.63) is 72.7 Å². The molecule has 1 saturated heterocycles. The third-order valence-corrected chi connectivity index (χ3v) is 8.07. The van der Waals surface area contributed by atoms with E-state index >= 15 is 0 Å². The van der Waals surface area contributed by atoms with Gasteiger partial charge in [-0.05, 0) is 67.3 Å². The summed E-state index contributed by atoms with van der Waals surface area (Å²) in [6.45, 7) is 4.66. The normalized spacial score (nSPS) is 25.4. The first kappa shape index (κ1) is 21.2. The molecule has 5 nitrogen and oxygen atoms in total. The molecule has 1 aliphatic carbocycles. The molecule has 0 amide bonds. The van der Waals surface area contributed by atoms with Crippen molar-refractivity contribution in [2.75, 3.05) is 20.7 Å². The molecule has 5 heteroatoms. The lowest BCUT2D eigenvalue weighted by Gasteiger charge is -2.49. The maximum absolute atomic E-state index is 7.18. The lowest BCUT2D eigenvalue weighted by Crippen LogP contribution is -2.60. The average Bonchev–Trinajstić information content (AvgIpc) is 3.40. The smallest absolute Gasteiger partial charge is 0.209 e. The van der Waals surface area contributed by atoms with Gasteiger partial charge in [0, 0.05) is 29.0 Å². The predicted molar refractivity (Wildman–Crippen MR) is 139 cm³/mol. The van der Waals surface area contributed by atoms with Crippen LogP contribution in [0.25, 0.3) is 21.7 Å². The standard InChI is InChI=1S/C29H31N3O2/c1-4-8-23(33-3)17-22-18-32(2)29(28(22)12-6-5-7-13-28)19-31-25-10-9-20-16-26-21(11-14-30-26)15-24(20)27(25)34-29/h4,8-11,14-17,19,30H,1,5-7,12-13,18H2,2-3H3/b22-17+,23-8+. The van der Waals surface area contributed by atoms with E-state index in [1.54, 1.807) is 13.2 Å². The monoisotopic (exact) mass is 453 g/mol. The number of fused-ring (bicyclic) bond motifs is 5. The molecule has 174 valence electrons. The highest BCUT2D eigenvalue weighted by Crippen LogP contribution is 2.59. The molecule has 1 saturated carbocycles. The van der Waals surface area contributed by atoms with E-state index in [1.807, 2.05) is 12.3 Å². The number of methoxy groups -OCH3 is 1. The Hall–Kier alpha value is -3.31. The Balaban J connectivity index is 1.53. The molecular formula is C29H31N3O2. The van der Waals surface area contributed by atoms with Crippen LogP contribution in [0.3, 0.4) is 0 Å². The molecule has 3 aromatic rings. The van der Waals surface area contributed by atoms with Crippen LogP contribution in [0, 0.1) is 5.41 Å². The van der Waals surface area contributed by atoms with Gasteiger partial charge in [-0.25, -0.2) is 0 Å². The number of allylic oxidation sites excluding steroid dienone is 3. The predicted octanol–water partition coefficient (Wildman–Crippen LogP) is 6.65. The van der Waals surface area contributed by atoms with Crippen LogP contribution in [0.2, 0.25) is 0 Å². The molecule has 3 aliphatic rings. The molecule has 2 spiro atoms. The molecule has 6 rings (SSSR count). The van der Waals surface area contributed by atoms with E-state index in [4.69, 9.17) is 14.5 Å². The lowest BCUT2D eigenvalue weighted by molar-refractivity contribution is -0.0675. The number of aromatic nitrogens is 1. The molecular weight excluding hydrogens is 422 g/mol. The van der Waals surface area contributed by atoms with Gasteiger partial charge in [0.2, 0.25) is 5.72 Å². The van der Waals surface area contributed by atoms with Crippen molar-refractivity contribution >= 4 is 33.6 Å². The fourth-order valence-corrected chi connectivity index (χ4v) is 6.38.